The van der Waals surface area contributed by atoms with Gasteiger partial charge in [0.05, 0.1) is 11.3 Å². The van der Waals surface area contributed by atoms with Crippen LogP contribution in [0.4, 0.5) is 22.0 Å². The summed E-state index contributed by atoms with van der Waals surface area (Å²) in [5, 5.41) is 10.7. The number of rotatable bonds is 8. The molecule has 0 radical (unpaired) electrons. The number of carbonyl (C=O) groups excluding carboxylic acids is 1. The maximum atomic E-state index is 14.3. The van der Waals surface area contributed by atoms with Gasteiger partial charge in [0.1, 0.15) is 11.6 Å². The molecule has 2 aromatic carbocycles. The molecule has 3 rings (SSSR count). The molecule has 0 saturated heterocycles. The Kier molecular flexibility index (Phi) is 7.55. The van der Waals surface area contributed by atoms with Crippen molar-refractivity contribution in [3.05, 3.63) is 60.2 Å². The van der Waals surface area contributed by atoms with Gasteiger partial charge in [0, 0.05) is 18.0 Å². The maximum absolute atomic E-state index is 14.3. The van der Waals surface area contributed by atoms with E-state index in [0.717, 1.165) is 11.8 Å². The highest BCUT2D eigenvalue weighted by molar-refractivity contribution is 8.00. The molecule has 3 aromatic rings. The van der Waals surface area contributed by atoms with E-state index in [0.29, 0.717) is 5.69 Å². The van der Waals surface area contributed by atoms with E-state index in [9.17, 15) is 26.7 Å². The molecule has 12 heteroatoms. The zero-order valence-electron chi connectivity index (χ0n) is 15.7. The van der Waals surface area contributed by atoms with Crippen molar-refractivity contribution in [2.24, 2.45) is 0 Å². The quantitative estimate of drug-likeness (QED) is 0.292. The number of amides is 1. The van der Waals surface area contributed by atoms with Crippen molar-refractivity contribution in [3.8, 4) is 17.1 Å². The second-order valence-corrected chi connectivity index (χ2v) is 8.13. The van der Waals surface area contributed by atoms with Crippen LogP contribution in [-0.4, -0.2) is 44.2 Å². The number of nitrogens with one attached hydrogen (secondary N) is 1. The molecule has 0 aliphatic carbocycles. The minimum Gasteiger partial charge on any atom is -0.355 e. The third-order valence-electron chi connectivity index (χ3n) is 3.86. The van der Waals surface area contributed by atoms with Gasteiger partial charge in [-0.05, 0) is 48.2 Å². The molecule has 0 saturated carbocycles. The van der Waals surface area contributed by atoms with Gasteiger partial charge in [0.2, 0.25) is 5.91 Å². The Morgan fingerprint density at radius 1 is 1.03 bits per heavy atom. The average molecular weight is 474 g/mol. The fourth-order valence-electron chi connectivity index (χ4n) is 2.54. The summed E-state index contributed by atoms with van der Waals surface area (Å²) < 4.78 is 65.5. The first-order chi connectivity index (χ1) is 14.7. The normalized spacial score (nSPS) is 11.5. The van der Waals surface area contributed by atoms with Crippen molar-refractivity contribution in [2.75, 3.05) is 18.1 Å². The van der Waals surface area contributed by atoms with Crippen LogP contribution in [0.2, 0.25) is 0 Å². The lowest BCUT2D eigenvalue weighted by Crippen LogP contribution is -2.28. The number of nitrogens with zero attached hydrogens (tertiary/aromatic N) is 3. The first-order valence-electron chi connectivity index (χ1n) is 8.81. The molecule has 164 valence electrons. The van der Waals surface area contributed by atoms with Crippen molar-refractivity contribution in [2.45, 2.75) is 10.7 Å². The van der Waals surface area contributed by atoms with Crippen LogP contribution in [0.5, 0.6) is 0 Å². The van der Waals surface area contributed by atoms with Gasteiger partial charge in [-0.25, -0.2) is 8.78 Å². The first-order valence-corrected chi connectivity index (χ1v) is 10.8. The second kappa shape index (κ2) is 10.1. The van der Waals surface area contributed by atoms with Crippen molar-refractivity contribution < 1.29 is 26.7 Å². The van der Waals surface area contributed by atoms with E-state index < -0.39 is 23.0 Å². The Morgan fingerprint density at radius 2 is 1.74 bits per heavy atom. The molecule has 0 unspecified atom stereocenters. The van der Waals surface area contributed by atoms with E-state index in [4.69, 9.17) is 0 Å². The van der Waals surface area contributed by atoms with Crippen LogP contribution in [0.1, 0.15) is 0 Å². The van der Waals surface area contributed by atoms with E-state index in [1.807, 2.05) is 0 Å². The molecule has 1 aromatic heterocycles. The highest BCUT2D eigenvalue weighted by atomic mass is 32.2. The lowest BCUT2D eigenvalue weighted by atomic mass is 10.2. The first kappa shape index (κ1) is 23.1. The van der Waals surface area contributed by atoms with Gasteiger partial charge in [-0.2, -0.15) is 13.2 Å². The number of halogens is 5. The predicted molar refractivity (Wildman–Crippen MR) is 109 cm³/mol. The Labute approximate surface area is 182 Å². The van der Waals surface area contributed by atoms with E-state index in [2.05, 4.69) is 15.5 Å². The van der Waals surface area contributed by atoms with Gasteiger partial charge in [-0.15, -0.1) is 10.2 Å². The lowest BCUT2D eigenvalue weighted by Gasteiger charge is -2.11. The fourth-order valence-corrected chi connectivity index (χ4v) is 3.76. The topological polar surface area (TPSA) is 59.8 Å². The minimum absolute atomic E-state index is 0.144. The van der Waals surface area contributed by atoms with E-state index in [1.54, 1.807) is 6.07 Å². The molecule has 1 N–H and O–H groups in total. The molecule has 0 spiro atoms. The van der Waals surface area contributed by atoms with E-state index >= 15 is 0 Å². The van der Waals surface area contributed by atoms with Gasteiger partial charge in [-0.1, -0.05) is 23.9 Å². The smallest absolute Gasteiger partial charge is 0.355 e. The lowest BCUT2D eigenvalue weighted by molar-refractivity contribution is -0.118. The van der Waals surface area contributed by atoms with Crippen LogP contribution in [0.3, 0.4) is 0 Å². The summed E-state index contributed by atoms with van der Waals surface area (Å²) in [6, 6.07) is 11.3. The number of benzene rings is 2. The van der Waals surface area contributed by atoms with Crippen LogP contribution in [-0.2, 0) is 4.79 Å². The maximum Gasteiger partial charge on any atom is 0.441 e. The van der Waals surface area contributed by atoms with Gasteiger partial charge in [0.25, 0.3) is 0 Å². The summed E-state index contributed by atoms with van der Waals surface area (Å²) in [5.41, 5.74) is -3.73. The molecule has 0 aliphatic rings. The van der Waals surface area contributed by atoms with Crippen molar-refractivity contribution in [1.82, 2.24) is 20.1 Å². The number of aromatic nitrogens is 3. The van der Waals surface area contributed by atoms with Crippen LogP contribution in [0.15, 0.2) is 53.7 Å². The average Bonchev–Trinajstić information content (AvgIpc) is 3.13. The molecular formula is C19H15F5N4OS2. The summed E-state index contributed by atoms with van der Waals surface area (Å²) in [6.07, 6.45) is 0. The highest BCUT2D eigenvalue weighted by Crippen LogP contribution is 2.30. The minimum atomic E-state index is -4.35. The summed E-state index contributed by atoms with van der Waals surface area (Å²) in [7, 11) is 0. The number of carbonyl (C=O) groups is 1. The predicted octanol–water partition coefficient (Wildman–Crippen LogP) is 4.67. The van der Waals surface area contributed by atoms with E-state index in [-0.39, 0.29) is 46.4 Å². The second-order valence-electron chi connectivity index (χ2n) is 6.03. The standard InChI is InChI=1S/C19H15F5N4OS2/c20-12-5-7-13(8-6-12)28-17(14-3-1-2-4-15(14)21)26-27-18(28)30-11-16(29)25-9-10-31-19(22,23)24/h1-8H,9-11H2,(H,25,29). The van der Waals surface area contributed by atoms with Gasteiger partial charge < -0.3 is 5.32 Å². The van der Waals surface area contributed by atoms with E-state index in [1.165, 1.54) is 47.0 Å². The third kappa shape index (κ3) is 6.44. The van der Waals surface area contributed by atoms with Crippen LogP contribution in [0, 0.1) is 11.6 Å². The van der Waals surface area contributed by atoms with Crippen molar-refractivity contribution >= 4 is 29.4 Å². The van der Waals surface area contributed by atoms with Crippen molar-refractivity contribution in [1.29, 1.82) is 0 Å². The molecule has 0 aliphatic heterocycles. The summed E-state index contributed by atoms with van der Waals surface area (Å²) >= 11 is 0.750. The molecule has 0 bridgehead atoms. The highest BCUT2D eigenvalue weighted by Gasteiger charge is 2.27. The number of thioether (sulfide) groups is 2. The Balaban J connectivity index is 1.77. The summed E-state index contributed by atoms with van der Waals surface area (Å²) in [5.74, 6) is -1.77. The fraction of sp³-hybridized carbons (Fsp3) is 0.211. The number of hydrogen-bond donors (Lipinski definition) is 1. The Bertz CT molecular complexity index is 1040. The molecule has 0 fully saturated rings. The van der Waals surface area contributed by atoms with Crippen LogP contribution >= 0.6 is 23.5 Å². The Hall–Kier alpha value is -2.60. The Morgan fingerprint density at radius 3 is 2.42 bits per heavy atom. The molecule has 5 nitrogen and oxygen atoms in total. The van der Waals surface area contributed by atoms with Gasteiger partial charge in [0.15, 0.2) is 11.0 Å². The molecule has 1 amide bonds. The van der Waals surface area contributed by atoms with Gasteiger partial charge in [-0.3, -0.25) is 9.36 Å². The molecule has 31 heavy (non-hydrogen) atoms. The largest absolute Gasteiger partial charge is 0.441 e. The summed E-state index contributed by atoms with van der Waals surface area (Å²) in [6.45, 7) is -0.144. The van der Waals surface area contributed by atoms with Crippen molar-refractivity contribution in [3.63, 3.8) is 0 Å². The number of alkyl halides is 3. The summed E-state index contributed by atoms with van der Waals surface area (Å²) in [4.78, 5) is 12.0. The molecule has 1 heterocycles. The SMILES string of the molecule is O=C(CSc1nnc(-c2ccccc2F)n1-c1ccc(F)cc1)NCCSC(F)(F)F. The zero-order chi connectivity index (χ0) is 22.4. The van der Waals surface area contributed by atoms with Crippen LogP contribution < -0.4 is 5.32 Å². The zero-order valence-corrected chi connectivity index (χ0v) is 17.3. The number of hydrogen-bond acceptors (Lipinski definition) is 5. The van der Waals surface area contributed by atoms with Gasteiger partial charge >= 0.3 is 5.51 Å². The molecule has 0 atom stereocenters. The van der Waals surface area contributed by atoms with Crippen LogP contribution in [0.25, 0.3) is 17.1 Å². The third-order valence-corrected chi connectivity index (χ3v) is 5.52. The monoisotopic (exact) mass is 474 g/mol. The molecular weight excluding hydrogens is 459 g/mol.